The Morgan fingerprint density at radius 1 is 1.09 bits per heavy atom. The number of amides is 3. The van der Waals surface area contributed by atoms with Gasteiger partial charge < -0.3 is 15.0 Å². The Hall–Kier alpha value is -4.06. The van der Waals surface area contributed by atoms with Crippen LogP contribution in [-0.4, -0.2) is 56.2 Å². The molecule has 3 N–H and O–H groups in total. The molecule has 3 amide bonds. The predicted molar refractivity (Wildman–Crippen MR) is 127 cm³/mol. The van der Waals surface area contributed by atoms with E-state index in [1.165, 1.54) is 28.8 Å². The number of nitrogens with one attached hydrogen (secondary N) is 3. The van der Waals surface area contributed by atoms with E-state index in [2.05, 4.69) is 20.5 Å². The van der Waals surface area contributed by atoms with Gasteiger partial charge in [0, 0.05) is 38.6 Å². The van der Waals surface area contributed by atoms with Crippen LogP contribution in [-0.2, 0) is 27.9 Å². The molecule has 0 radical (unpaired) electrons. The van der Waals surface area contributed by atoms with Crippen LogP contribution in [0.1, 0.15) is 5.56 Å². The number of carbonyl (C=O) groups excluding carboxylic acids is 2. The number of likely N-dealkylation sites (N-methyl/N-ethyl adjacent to an activating group) is 1. The van der Waals surface area contributed by atoms with Crippen LogP contribution in [0.2, 0.25) is 0 Å². The SMILES string of the molecule is COc1ccc(S(=O)(=O)Nc2cccc(CNC(=O)Nc3ccn(CC(=O)N(C)C)n3)c2)cc1. The molecular formula is C22H26N6O5S. The van der Waals surface area contributed by atoms with Crippen LogP contribution < -0.4 is 20.1 Å². The number of hydrogen-bond donors (Lipinski definition) is 3. The highest BCUT2D eigenvalue weighted by Gasteiger charge is 2.15. The van der Waals surface area contributed by atoms with Crippen LogP contribution in [0.5, 0.6) is 5.75 Å². The molecule has 0 saturated carbocycles. The zero-order valence-electron chi connectivity index (χ0n) is 19.0. The van der Waals surface area contributed by atoms with Gasteiger partial charge in [0.05, 0.1) is 12.0 Å². The molecule has 34 heavy (non-hydrogen) atoms. The highest BCUT2D eigenvalue weighted by atomic mass is 32.2. The van der Waals surface area contributed by atoms with Gasteiger partial charge in [-0.1, -0.05) is 12.1 Å². The van der Waals surface area contributed by atoms with Crippen LogP contribution in [0.4, 0.5) is 16.3 Å². The molecule has 3 aromatic rings. The van der Waals surface area contributed by atoms with Crippen molar-refractivity contribution in [2.45, 2.75) is 18.0 Å². The monoisotopic (exact) mass is 486 g/mol. The van der Waals surface area contributed by atoms with Crippen molar-refractivity contribution in [2.24, 2.45) is 0 Å². The molecule has 0 fully saturated rings. The number of ether oxygens (including phenoxy) is 1. The summed E-state index contributed by atoms with van der Waals surface area (Å²) in [5, 5.41) is 9.41. The van der Waals surface area contributed by atoms with Crippen molar-refractivity contribution in [3.63, 3.8) is 0 Å². The lowest BCUT2D eigenvalue weighted by Gasteiger charge is -2.11. The number of urea groups is 1. The first-order valence-electron chi connectivity index (χ1n) is 10.2. The van der Waals surface area contributed by atoms with E-state index in [0.717, 1.165) is 0 Å². The summed E-state index contributed by atoms with van der Waals surface area (Å²) < 4.78 is 34.2. The van der Waals surface area contributed by atoms with Crippen LogP contribution in [0.15, 0.2) is 65.7 Å². The number of rotatable bonds is 9. The highest BCUT2D eigenvalue weighted by Crippen LogP contribution is 2.20. The fourth-order valence-electron chi connectivity index (χ4n) is 2.85. The van der Waals surface area contributed by atoms with E-state index in [1.807, 2.05) is 0 Å². The second-order valence-corrected chi connectivity index (χ2v) is 9.16. The third kappa shape index (κ3) is 6.72. The second-order valence-electron chi connectivity index (χ2n) is 7.48. The summed E-state index contributed by atoms with van der Waals surface area (Å²) in [4.78, 5) is 25.5. The summed E-state index contributed by atoms with van der Waals surface area (Å²) in [7, 11) is 1.02. The van der Waals surface area contributed by atoms with Gasteiger partial charge in [-0.3, -0.25) is 19.5 Å². The molecule has 0 unspecified atom stereocenters. The van der Waals surface area contributed by atoms with E-state index in [1.54, 1.807) is 62.8 Å². The summed E-state index contributed by atoms with van der Waals surface area (Å²) in [5.74, 6) is 0.728. The standard InChI is InChI=1S/C22H26N6O5S/c1-27(2)21(29)15-28-12-11-20(25-28)24-22(30)23-14-16-5-4-6-17(13-16)26-34(31,32)19-9-7-18(33-3)8-10-19/h4-13,26H,14-15H2,1-3H3,(H2,23,24,25,30). The van der Waals surface area contributed by atoms with E-state index in [4.69, 9.17) is 4.74 Å². The largest absolute Gasteiger partial charge is 0.497 e. The Kier molecular flexibility index (Phi) is 7.74. The van der Waals surface area contributed by atoms with Crippen molar-refractivity contribution in [1.29, 1.82) is 0 Å². The van der Waals surface area contributed by atoms with Crippen molar-refractivity contribution >= 4 is 33.5 Å². The number of carbonyl (C=O) groups is 2. The van der Waals surface area contributed by atoms with Crippen LogP contribution in [0.25, 0.3) is 0 Å². The van der Waals surface area contributed by atoms with Crippen molar-refractivity contribution in [3.05, 3.63) is 66.4 Å². The molecule has 11 nitrogen and oxygen atoms in total. The second kappa shape index (κ2) is 10.7. The van der Waals surface area contributed by atoms with E-state index in [-0.39, 0.29) is 23.9 Å². The fourth-order valence-corrected chi connectivity index (χ4v) is 3.90. The molecule has 2 aromatic carbocycles. The van der Waals surface area contributed by atoms with Gasteiger partial charge in [-0.25, -0.2) is 13.2 Å². The number of sulfonamides is 1. The Balaban J connectivity index is 1.55. The van der Waals surface area contributed by atoms with Crippen molar-refractivity contribution < 1.29 is 22.7 Å². The van der Waals surface area contributed by atoms with Crippen molar-refractivity contribution in [3.8, 4) is 5.75 Å². The maximum absolute atomic E-state index is 12.6. The lowest BCUT2D eigenvalue weighted by atomic mass is 10.2. The summed E-state index contributed by atoms with van der Waals surface area (Å²) in [6.07, 6.45) is 1.59. The fraction of sp³-hybridized carbons (Fsp3) is 0.227. The van der Waals surface area contributed by atoms with Gasteiger partial charge in [-0.05, 0) is 42.0 Å². The maximum Gasteiger partial charge on any atom is 0.320 e. The molecule has 0 aliphatic carbocycles. The van der Waals surface area contributed by atoms with Gasteiger partial charge in [0.15, 0.2) is 5.82 Å². The molecule has 0 spiro atoms. The van der Waals surface area contributed by atoms with Gasteiger partial charge >= 0.3 is 6.03 Å². The Morgan fingerprint density at radius 2 is 1.82 bits per heavy atom. The maximum atomic E-state index is 12.6. The summed E-state index contributed by atoms with van der Waals surface area (Å²) >= 11 is 0. The summed E-state index contributed by atoms with van der Waals surface area (Å²) in [6.45, 7) is 0.222. The van der Waals surface area contributed by atoms with Gasteiger partial charge in [0.25, 0.3) is 10.0 Å². The molecule has 0 aliphatic rings. The van der Waals surface area contributed by atoms with Gasteiger partial charge in [-0.2, -0.15) is 5.10 Å². The molecular weight excluding hydrogens is 460 g/mol. The molecule has 0 atom stereocenters. The van der Waals surface area contributed by atoms with E-state index >= 15 is 0 Å². The van der Waals surface area contributed by atoms with E-state index < -0.39 is 16.1 Å². The van der Waals surface area contributed by atoms with Gasteiger partial charge in [0.1, 0.15) is 12.3 Å². The third-order valence-electron chi connectivity index (χ3n) is 4.68. The molecule has 1 heterocycles. The normalized spacial score (nSPS) is 10.9. The minimum Gasteiger partial charge on any atom is -0.497 e. The van der Waals surface area contributed by atoms with E-state index in [0.29, 0.717) is 22.8 Å². The molecule has 0 saturated heterocycles. The molecule has 1 aromatic heterocycles. The topological polar surface area (TPSA) is 135 Å². The average molecular weight is 487 g/mol. The average Bonchev–Trinajstić information content (AvgIpc) is 3.24. The number of benzene rings is 2. The first-order chi connectivity index (χ1) is 16.2. The lowest BCUT2D eigenvalue weighted by molar-refractivity contribution is -0.129. The zero-order chi connectivity index (χ0) is 24.7. The van der Waals surface area contributed by atoms with Crippen LogP contribution in [0.3, 0.4) is 0 Å². The van der Waals surface area contributed by atoms with Gasteiger partial charge in [0.2, 0.25) is 5.91 Å². The van der Waals surface area contributed by atoms with Gasteiger partial charge in [-0.15, -0.1) is 0 Å². The minimum atomic E-state index is -3.78. The molecule has 12 heteroatoms. The highest BCUT2D eigenvalue weighted by molar-refractivity contribution is 7.92. The first kappa shape index (κ1) is 24.6. The molecule has 180 valence electrons. The van der Waals surface area contributed by atoms with Crippen molar-refractivity contribution in [2.75, 3.05) is 31.2 Å². The van der Waals surface area contributed by atoms with E-state index in [9.17, 15) is 18.0 Å². The smallest absolute Gasteiger partial charge is 0.320 e. The summed E-state index contributed by atoms with van der Waals surface area (Å²) in [5.41, 5.74) is 1.05. The Bertz CT molecular complexity index is 1250. The Morgan fingerprint density at radius 3 is 2.50 bits per heavy atom. The van der Waals surface area contributed by atoms with Crippen molar-refractivity contribution in [1.82, 2.24) is 20.0 Å². The quantitative estimate of drug-likeness (QED) is 0.424. The summed E-state index contributed by atoms with van der Waals surface area (Å²) in [6, 6.07) is 13.8. The van der Waals surface area contributed by atoms with Crippen LogP contribution in [0, 0.1) is 0 Å². The Labute approximate surface area is 197 Å². The first-order valence-corrected chi connectivity index (χ1v) is 11.7. The lowest BCUT2D eigenvalue weighted by Crippen LogP contribution is -2.29. The zero-order valence-corrected chi connectivity index (χ0v) is 19.8. The molecule has 0 aliphatic heterocycles. The molecule has 0 bridgehead atoms. The number of nitrogens with zero attached hydrogens (tertiary/aromatic N) is 3. The predicted octanol–water partition coefficient (Wildman–Crippen LogP) is 2.10. The number of hydrogen-bond acceptors (Lipinski definition) is 6. The van der Waals surface area contributed by atoms with Crippen LogP contribution >= 0.6 is 0 Å². The number of aromatic nitrogens is 2. The number of methoxy groups -OCH3 is 1. The minimum absolute atomic E-state index is 0.0650. The number of anilines is 2. The third-order valence-corrected chi connectivity index (χ3v) is 6.08. The molecule has 3 rings (SSSR count).